The number of aryl methyl sites for hydroxylation is 1. The standard InChI is InChI=1S/C22H16FN3O2/c1-13-20-16(22(27)26-11-10-14-6-2-5-9-19(14)26)12-18(24-21(20)28-25-13)15-7-3-4-8-17(15)23/h2-9,12H,10-11H2,1H3. The molecule has 2 aromatic heterocycles. The summed E-state index contributed by atoms with van der Waals surface area (Å²) in [5.41, 5.74) is 3.93. The average Bonchev–Trinajstić information content (AvgIpc) is 3.31. The third kappa shape index (κ3) is 2.49. The highest BCUT2D eigenvalue weighted by molar-refractivity contribution is 6.14. The molecule has 0 unspecified atom stereocenters. The van der Waals surface area contributed by atoms with Crippen LogP contribution in [0.25, 0.3) is 22.4 Å². The molecule has 4 aromatic rings. The number of carbonyl (C=O) groups excluding carboxylic acids is 1. The highest BCUT2D eigenvalue weighted by Gasteiger charge is 2.29. The number of pyridine rings is 1. The van der Waals surface area contributed by atoms with Crippen LogP contribution in [0, 0.1) is 12.7 Å². The van der Waals surface area contributed by atoms with E-state index in [1.807, 2.05) is 24.3 Å². The van der Waals surface area contributed by atoms with Gasteiger partial charge in [0.2, 0.25) is 0 Å². The van der Waals surface area contributed by atoms with Crippen molar-refractivity contribution < 1.29 is 13.7 Å². The maximum absolute atomic E-state index is 14.3. The molecule has 1 aliphatic heterocycles. The quantitative estimate of drug-likeness (QED) is 0.518. The number of nitrogens with zero attached hydrogens (tertiary/aromatic N) is 3. The molecule has 138 valence electrons. The molecule has 0 bridgehead atoms. The van der Waals surface area contributed by atoms with Crippen LogP contribution in [0.4, 0.5) is 10.1 Å². The smallest absolute Gasteiger partial charge is 0.259 e. The zero-order chi connectivity index (χ0) is 19.3. The molecule has 1 amide bonds. The number of hydrogen-bond donors (Lipinski definition) is 0. The number of rotatable bonds is 2. The summed E-state index contributed by atoms with van der Waals surface area (Å²) in [7, 11) is 0. The molecule has 28 heavy (non-hydrogen) atoms. The third-order valence-electron chi connectivity index (χ3n) is 5.13. The summed E-state index contributed by atoms with van der Waals surface area (Å²) in [5.74, 6) is -0.572. The Kier molecular flexibility index (Phi) is 3.72. The summed E-state index contributed by atoms with van der Waals surface area (Å²) in [6.07, 6.45) is 0.804. The van der Waals surface area contributed by atoms with Crippen LogP contribution in [-0.2, 0) is 6.42 Å². The number of amides is 1. The van der Waals surface area contributed by atoms with Gasteiger partial charge in [-0.3, -0.25) is 4.79 Å². The Hall–Kier alpha value is -3.54. The fourth-order valence-corrected chi connectivity index (χ4v) is 3.76. The van der Waals surface area contributed by atoms with E-state index in [1.165, 1.54) is 6.07 Å². The van der Waals surface area contributed by atoms with Gasteiger partial charge >= 0.3 is 0 Å². The molecule has 0 radical (unpaired) electrons. The van der Waals surface area contributed by atoms with E-state index < -0.39 is 5.82 Å². The van der Waals surface area contributed by atoms with Crippen LogP contribution < -0.4 is 4.90 Å². The molecule has 5 rings (SSSR count). The van der Waals surface area contributed by atoms with Crippen LogP contribution in [0.3, 0.4) is 0 Å². The van der Waals surface area contributed by atoms with Gasteiger partial charge in [0, 0.05) is 17.8 Å². The van der Waals surface area contributed by atoms with Crippen molar-refractivity contribution in [2.45, 2.75) is 13.3 Å². The number of anilines is 1. The molecule has 6 heteroatoms. The fraction of sp³-hybridized carbons (Fsp3) is 0.136. The second kappa shape index (κ2) is 6.27. The molecule has 0 N–H and O–H groups in total. The number of fused-ring (bicyclic) bond motifs is 2. The summed E-state index contributed by atoms with van der Waals surface area (Å²) in [6.45, 7) is 2.37. The second-order valence-electron chi connectivity index (χ2n) is 6.82. The maximum Gasteiger partial charge on any atom is 0.259 e. The van der Waals surface area contributed by atoms with Gasteiger partial charge in [-0.15, -0.1) is 0 Å². The third-order valence-corrected chi connectivity index (χ3v) is 5.13. The maximum atomic E-state index is 14.3. The van der Waals surface area contributed by atoms with E-state index in [9.17, 15) is 9.18 Å². The van der Waals surface area contributed by atoms with Gasteiger partial charge in [-0.1, -0.05) is 35.5 Å². The van der Waals surface area contributed by atoms with Crippen molar-refractivity contribution in [3.05, 3.63) is 77.2 Å². The van der Waals surface area contributed by atoms with E-state index in [0.717, 1.165) is 17.7 Å². The molecule has 0 aliphatic carbocycles. The molecule has 1 aliphatic rings. The molecule has 2 aromatic carbocycles. The largest absolute Gasteiger partial charge is 0.335 e. The first-order valence-corrected chi connectivity index (χ1v) is 9.05. The van der Waals surface area contributed by atoms with Crippen molar-refractivity contribution in [2.75, 3.05) is 11.4 Å². The molecular formula is C22H16FN3O2. The summed E-state index contributed by atoms with van der Waals surface area (Å²) in [6, 6.07) is 15.8. The van der Waals surface area contributed by atoms with Crippen molar-refractivity contribution in [3.63, 3.8) is 0 Å². The molecule has 5 nitrogen and oxygen atoms in total. The van der Waals surface area contributed by atoms with E-state index in [-0.39, 0.29) is 11.6 Å². The monoisotopic (exact) mass is 373 g/mol. The summed E-state index contributed by atoms with van der Waals surface area (Å²) in [4.78, 5) is 19.6. The lowest BCUT2D eigenvalue weighted by Crippen LogP contribution is -2.29. The Morgan fingerprint density at radius 1 is 1.14 bits per heavy atom. The predicted octanol–water partition coefficient (Wildman–Crippen LogP) is 4.54. The first kappa shape index (κ1) is 16.6. The Balaban J connectivity index is 1.69. The number of halogens is 1. The first-order valence-electron chi connectivity index (χ1n) is 9.05. The predicted molar refractivity (Wildman–Crippen MR) is 104 cm³/mol. The molecule has 0 saturated carbocycles. The van der Waals surface area contributed by atoms with Gasteiger partial charge < -0.3 is 9.42 Å². The van der Waals surface area contributed by atoms with Crippen LogP contribution in [0.15, 0.2) is 59.1 Å². The van der Waals surface area contributed by atoms with E-state index in [0.29, 0.717) is 34.4 Å². The van der Waals surface area contributed by atoms with Crippen molar-refractivity contribution >= 4 is 22.7 Å². The Bertz CT molecular complexity index is 1230. The lowest BCUT2D eigenvalue weighted by molar-refractivity contribution is 0.0991. The Morgan fingerprint density at radius 2 is 1.93 bits per heavy atom. The van der Waals surface area contributed by atoms with E-state index >= 15 is 0 Å². The number of para-hydroxylation sites is 1. The van der Waals surface area contributed by atoms with Gasteiger partial charge in [0.15, 0.2) is 0 Å². The number of carbonyl (C=O) groups is 1. The highest BCUT2D eigenvalue weighted by atomic mass is 19.1. The van der Waals surface area contributed by atoms with E-state index in [2.05, 4.69) is 10.1 Å². The lowest BCUT2D eigenvalue weighted by Gasteiger charge is -2.18. The Labute approximate surface area is 160 Å². The highest BCUT2D eigenvalue weighted by Crippen LogP contribution is 2.33. The van der Waals surface area contributed by atoms with Crippen molar-refractivity contribution in [2.24, 2.45) is 0 Å². The molecule has 0 spiro atoms. The fourth-order valence-electron chi connectivity index (χ4n) is 3.76. The number of hydrogen-bond acceptors (Lipinski definition) is 4. The molecule has 3 heterocycles. The van der Waals surface area contributed by atoms with Gasteiger partial charge in [-0.05, 0) is 43.2 Å². The lowest BCUT2D eigenvalue weighted by atomic mass is 10.0. The minimum Gasteiger partial charge on any atom is -0.335 e. The topological polar surface area (TPSA) is 59.2 Å². The normalized spacial score (nSPS) is 13.1. The summed E-state index contributed by atoms with van der Waals surface area (Å²) in [5, 5.41) is 4.53. The van der Waals surface area contributed by atoms with Crippen molar-refractivity contribution in [1.82, 2.24) is 10.1 Å². The average molecular weight is 373 g/mol. The van der Waals surface area contributed by atoms with Gasteiger partial charge in [0.25, 0.3) is 11.6 Å². The first-order chi connectivity index (χ1) is 13.6. The summed E-state index contributed by atoms with van der Waals surface area (Å²) >= 11 is 0. The second-order valence-corrected chi connectivity index (χ2v) is 6.82. The Morgan fingerprint density at radius 3 is 2.79 bits per heavy atom. The van der Waals surface area contributed by atoms with Crippen LogP contribution in [0.1, 0.15) is 21.6 Å². The zero-order valence-corrected chi connectivity index (χ0v) is 15.1. The minimum absolute atomic E-state index is 0.166. The number of aromatic nitrogens is 2. The number of benzene rings is 2. The van der Waals surface area contributed by atoms with Crippen LogP contribution in [0.2, 0.25) is 0 Å². The minimum atomic E-state index is -0.407. The van der Waals surface area contributed by atoms with Gasteiger partial charge in [-0.25, -0.2) is 9.37 Å². The van der Waals surface area contributed by atoms with Crippen LogP contribution in [0.5, 0.6) is 0 Å². The van der Waals surface area contributed by atoms with Crippen molar-refractivity contribution in [3.8, 4) is 11.3 Å². The van der Waals surface area contributed by atoms with Crippen molar-refractivity contribution in [1.29, 1.82) is 0 Å². The zero-order valence-electron chi connectivity index (χ0n) is 15.1. The summed E-state index contributed by atoms with van der Waals surface area (Å²) < 4.78 is 19.6. The van der Waals surface area contributed by atoms with Gasteiger partial charge in [-0.2, -0.15) is 0 Å². The SMILES string of the molecule is Cc1noc2nc(-c3ccccc3F)cc(C(=O)N3CCc4ccccc43)c12. The van der Waals surface area contributed by atoms with E-state index in [4.69, 9.17) is 4.52 Å². The molecule has 0 saturated heterocycles. The van der Waals surface area contributed by atoms with Crippen LogP contribution in [-0.4, -0.2) is 22.6 Å². The van der Waals surface area contributed by atoms with E-state index in [1.54, 1.807) is 36.1 Å². The molecular weight excluding hydrogens is 357 g/mol. The van der Waals surface area contributed by atoms with Gasteiger partial charge in [0.05, 0.1) is 22.3 Å². The molecule has 0 fully saturated rings. The molecule has 0 atom stereocenters. The van der Waals surface area contributed by atoms with Crippen LogP contribution >= 0.6 is 0 Å². The van der Waals surface area contributed by atoms with Gasteiger partial charge in [0.1, 0.15) is 5.82 Å².